The second-order valence-electron chi connectivity index (χ2n) is 15.1. The van der Waals surface area contributed by atoms with E-state index in [1.807, 2.05) is 62.1 Å². The van der Waals surface area contributed by atoms with Crippen molar-refractivity contribution in [1.29, 1.82) is 0 Å². The number of carbonyl (C=O) groups is 2. The van der Waals surface area contributed by atoms with Gasteiger partial charge in [0.2, 0.25) is 5.91 Å². The van der Waals surface area contributed by atoms with Crippen LogP contribution in [0.3, 0.4) is 0 Å². The van der Waals surface area contributed by atoms with E-state index in [1.54, 1.807) is 20.8 Å². The molecule has 0 spiro atoms. The lowest BCUT2D eigenvalue weighted by Gasteiger charge is -2.55. The molecule has 0 saturated heterocycles. The third-order valence-electron chi connectivity index (χ3n) is 9.73. The zero-order chi connectivity index (χ0) is 30.6. The fraction of sp³-hybridized carbons (Fsp3) is 0.600. The molecule has 4 aliphatic rings. The Labute approximate surface area is 250 Å². The molecule has 7 nitrogen and oxygen atoms in total. The number of carbonyl (C=O) groups excluding carboxylic acids is 2. The lowest BCUT2D eigenvalue weighted by atomic mass is 9.57. The summed E-state index contributed by atoms with van der Waals surface area (Å²) in [7, 11) is 0. The van der Waals surface area contributed by atoms with Crippen LogP contribution in [0, 0.1) is 11.3 Å². The summed E-state index contributed by atoms with van der Waals surface area (Å²) < 4.78 is 5.56. The molecular formula is C35H48N2O5. The van der Waals surface area contributed by atoms with E-state index in [9.17, 15) is 19.8 Å². The minimum Gasteiger partial charge on any atom is -0.444 e. The summed E-state index contributed by atoms with van der Waals surface area (Å²) in [6.07, 6.45) is 6.05. The molecule has 4 fully saturated rings. The molecule has 7 heteroatoms. The van der Waals surface area contributed by atoms with E-state index in [1.165, 1.54) is 0 Å². The van der Waals surface area contributed by atoms with Crippen LogP contribution in [-0.4, -0.2) is 45.5 Å². The number of amides is 2. The topological polar surface area (TPSA) is 99.1 Å². The van der Waals surface area contributed by atoms with Crippen LogP contribution < -0.4 is 10.2 Å². The molecular weight excluding hydrogens is 528 g/mol. The first-order valence-electron chi connectivity index (χ1n) is 15.5. The Kier molecular flexibility index (Phi) is 7.76. The minimum atomic E-state index is -0.910. The number of ether oxygens (including phenoxy) is 1. The normalized spacial score (nSPS) is 29.0. The highest BCUT2D eigenvalue weighted by molar-refractivity contribution is 5.96. The third kappa shape index (κ3) is 6.68. The molecule has 2 amide bonds. The van der Waals surface area contributed by atoms with Crippen molar-refractivity contribution in [3.05, 3.63) is 54.1 Å². The standard InChI is InChI=1S/C35H48N2O5/c1-31(2,3)42-30(39)36-35-17-14-34(15-18-35,16-19-35)23-37(29(38)26-21-33(6,41)22-26)28-9-7-8-25(20-28)24-10-12-27(13-11-24)32(4,5)40/h7-13,20,26,40-41H,14-19,21-23H2,1-6H3,(H,36,39). The van der Waals surface area contributed by atoms with Gasteiger partial charge in [0.25, 0.3) is 0 Å². The zero-order valence-electron chi connectivity index (χ0n) is 26.1. The van der Waals surface area contributed by atoms with E-state index >= 15 is 0 Å². The molecule has 0 atom stereocenters. The largest absolute Gasteiger partial charge is 0.444 e. The average Bonchev–Trinajstić information content (AvgIpc) is 2.89. The van der Waals surface area contributed by atoms with Gasteiger partial charge >= 0.3 is 6.09 Å². The number of nitrogens with one attached hydrogen (secondary N) is 1. The maximum Gasteiger partial charge on any atom is 0.408 e. The van der Waals surface area contributed by atoms with E-state index in [-0.39, 0.29) is 28.9 Å². The Morgan fingerprint density at radius 2 is 1.52 bits per heavy atom. The molecule has 2 aromatic carbocycles. The average molecular weight is 577 g/mol. The first-order chi connectivity index (χ1) is 19.5. The van der Waals surface area contributed by atoms with Crippen molar-refractivity contribution >= 4 is 17.7 Å². The van der Waals surface area contributed by atoms with Gasteiger partial charge in [-0.1, -0.05) is 36.4 Å². The molecule has 4 saturated carbocycles. The molecule has 6 rings (SSSR count). The molecule has 42 heavy (non-hydrogen) atoms. The smallest absolute Gasteiger partial charge is 0.408 e. The fourth-order valence-corrected chi connectivity index (χ4v) is 7.16. The maximum absolute atomic E-state index is 14.0. The molecule has 2 aromatic rings. The summed E-state index contributed by atoms with van der Waals surface area (Å²) in [5, 5.41) is 24.0. The highest BCUT2D eigenvalue weighted by Crippen LogP contribution is 2.53. The Morgan fingerprint density at radius 3 is 2.05 bits per heavy atom. The van der Waals surface area contributed by atoms with Gasteiger partial charge in [0.1, 0.15) is 5.60 Å². The highest BCUT2D eigenvalue weighted by Gasteiger charge is 2.52. The fourth-order valence-electron chi connectivity index (χ4n) is 7.16. The summed E-state index contributed by atoms with van der Waals surface area (Å²) in [5.41, 5.74) is 1.29. The number of alkyl carbamates (subject to hydrolysis) is 1. The van der Waals surface area contributed by atoms with Crippen molar-refractivity contribution in [3.8, 4) is 11.1 Å². The van der Waals surface area contributed by atoms with Gasteiger partial charge in [-0.15, -0.1) is 0 Å². The highest BCUT2D eigenvalue weighted by atomic mass is 16.6. The lowest BCUT2D eigenvalue weighted by Crippen LogP contribution is -2.60. The van der Waals surface area contributed by atoms with Crippen molar-refractivity contribution in [1.82, 2.24) is 5.32 Å². The number of nitrogens with zero attached hydrogens (tertiary/aromatic N) is 1. The first-order valence-corrected chi connectivity index (χ1v) is 15.5. The Morgan fingerprint density at radius 1 is 0.929 bits per heavy atom. The van der Waals surface area contributed by atoms with Crippen LogP contribution >= 0.6 is 0 Å². The van der Waals surface area contributed by atoms with Crippen LogP contribution in [0.2, 0.25) is 0 Å². The predicted octanol–water partition coefficient (Wildman–Crippen LogP) is 6.69. The van der Waals surface area contributed by atoms with Crippen LogP contribution in [-0.2, 0) is 15.1 Å². The van der Waals surface area contributed by atoms with Crippen LogP contribution in [0.25, 0.3) is 11.1 Å². The second-order valence-corrected chi connectivity index (χ2v) is 15.1. The summed E-state index contributed by atoms with van der Waals surface area (Å²) in [5.74, 6) is -0.106. The molecule has 0 heterocycles. The van der Waals surface area contributed by atoms with Crippen molar-refractivity contribution in [2.75, 3.05) is 11.4 Å². The molecule has 4 aliphatic carbocycles. The minimum absolute atomic E-state index is 0.0103. The van der Waals surface area contributed by atoms with Gasteiger partial charge in [0, 0.05) is 23.7 Å². The predicted molar refractivity (Wildman–Crippen MR) is 165 cm³/mol. The van der Waals surface area contributed by atoms with Crippen LogP contribution in [0.1, 0.15) is 98.5 Å². The van der Waals surface area contributed by atoms with Crippen LogP contribution in [0.4, 0.5) is 10.5 Å². The van der Waals surface area contributed by atoms with Crippen molar-refractivity contribution in [3.63, 3.8) is 0 Å². The van der Waals surface area contributed by atoms with E-state index in [0.717, 1.165) is 60.9 Å². The van der Waals surface area contributed by atoms with E-state index < -0.39 is 16.8 Å². The molecule has 228 valence electrons. The summed E-state index contributed by atoms with van der Waals surface area (Å²) in [6, 6.07) is 16.1. The maximum atomic E-state index is 14.0. The SMILES string of the molecule is CC1(O)CC(C(=O)N(CC23CCC(NC(=O)OC(C)(C)C)(CC2)CC3)c2cccc(-c3ccc(C(C)(C)O)cc3)c2)C1. The lowest BCUT2D eigenvalue weighted by molar-refractivity contribution is -0.137. The molecule has 0 aliphatic heterocycles. The quantitative estimate of drug-likeness (QED) is 0.341. The monoisotopic (exact) mass is 576 g/mol. The van der Waals surface area contributed by atoms with Gasteiger partial charge in [-0.25, -0.2) is 4.79 Å². The summed E-state index contributed by atoms with van der Waals surface area (Å²) in [6.45, 7) is 11.6. The zero-order valence-corrected chi connectivity index (χ0v) is 26.1. The van der Waals surface area contributed by atoms with Crippen LogP contribution in [0.15, 0.2) is 48.5 Å². The number of rotatable bonds is 7. The molecule has 2 bridgehead atoms. The van der Waals surface area contributed by atoms with Gasteiger partial charge in [-0.3, -0.25) is 4.79 Å². The third-order valence-corrected chi connectivity index (χ3v) is 9.73. The van der Waals surface area contributed by atoms with Crippen molar-refractivity contribution in [2.45, 2.75) is 115 Å². The second kappa shape index (κ2) is 10.7. The number of hydrogen-bond acceptors (Lipinski definition) is 5. The van der Waals surface area contributed by atoms with Crippen LogP contribution in [0.5, 0.6) is 0 Å². The van der Waals surface area contributed by atoms with E-state index in [0.29, 0.717) is 19.4 Å². The van der Waals surface area contributed by atoms with Gasteiger partial charge in [-0.05, 0) is 127 Å². The Bertz CT molecular complexity index is 1290. The Hall–Kier alpha value is -2.90. The number of anilines is 1. The van der Waals surface area contributed by atoms with Crippen molar-refractivity contribution < 1.29 is 24.5 Å². The summed E-state index contributed by atoms with van der Waals surface area (Å²) >= 11 is 0. The molecule has 0 radical (unpaired) electrons. The van der Waals surface area contributed by atoms with E-state index in [4.69, 9.17) is 4.74 Å². The van der Waals surface area contributed by atoms with Gasteiger partial charge in [0.15, 0.2) is 0 Å². The Balaban J connectivity index is 1.36. The molecule has 0 unspecified atom stereocenters. The number of fused-ring (bicyclic) bond motifs is 3. The molecule has 3 N–H and O–H groups in total. The molecule has 0 aromatic heterocycles. The van der Waals surface area contributed by atoms with E-state index in [2.05, 4.69) is 17.4 Å². The van der Waals surface area contributed by atoms with Gasteiger partial charge in [0.05, 0.1) is 11.2 Å². The first kappa shape index (κ1) is 30.6. The number of benzene rings is 2. The van der Waals surface area contributed by atoms with Gasteiger partial charge in [-0.2, -0.15) is 0 Å². The summed E-state index contributed by atoms with van der Waals surface area (Å²) in [4.78, 5) is 28.6. The van der Waals surface area contributed by atoms with Gasteiger partial charge < -0.3 is 25.2 Å². The number of aliphatic hydroxyl groups is 2. The number of hydrogen-bond donors (Lipinski definition) is 3. The van der Waals surface area contributed by atoms with Crippen molar-refractivity contribution in [2.24, 2.45) is 11.3 Å².